The van der Waals surface area contributed by atoms with E-state index in [2.05, 4.69) is 164 Å². The maximum Gasteiger partial charge on any atom is 0.164 e. The molecule has 7 aromatic carbocycles. The summed E-state index contributed by atoms with van der Waals surface area (Å²) in [6, 6.07) is 61.3. The number of hydrogen-bond acceptors (Lipinski definition) is 4. The van der Waals surface area contributed by atoms with E-state index in [-0.39, 0.29) is 12.0 Å². The van der Waals surface area contributed by atoms with Gasteiger partial charge in [0, 0.05) is 22.3 Å². The fourth-order valence-electron chi connectivity index (χ4n) is 7.86. The molecule has 0 amide bonds. The second-order valence-electron chi connectivity index (χ2n) is 13.5. The van der Waals surface area contributed by atoms with Crippen LogP contribution in [0.25, 0.3) is 66.9 Å². The van der Waals surface area contributed by atoms with Gasteiger partial charge in [-0.3, -0.25) is 0 Å². The molecule has 0 N–H and O–H groups in total. The molecular weight excluding hydrogens is 647 g/mol. The van der Waals surface area contributed by atoms with Crippen LogP contribution < -0.4 is 4.74 Å². The molecule has 2 aliphatic rings. The third kappa shape index (κ3) is 5.53. The van der Waals surface area contributed by atoms with E-state index in [1.54, 1.807) is 0 Å². The van der Waals surface area contributed by atoms with Gasteiger partial charge in [0.1, 0.15) is 11.9 Å². The Balaban J connectivity index is 1.24. The van der Waals surface area contributed by atoms with Crippen molar-refractivity contribution >= 4 is 21.9 Å². The Morgan fingerprint density at radius 2 is 0.981 bits per heavy atom. The quantitative estimate of drug-likeness (QED) is 0.175. The van der Waals surface area contributed by atoms with Crippen molar-refractivity contribution in [2.45, 2.75) is 12.0 Å². The van der Waals surface area contributed by atoms with Crippen LogP contribution in [0.1, 0.15) is 22.9 Å². The van der Waals surface area contributed by atoms with Gasteiger partial charge in [0.25, 0.3) is 0 Å². The Morgan fingerprint density at radius 1 is 0.415 bits per heavy atom. The number of para-hydroxylation sites is 1. The molecule has 0 saturated heterocycles. The topological polar surface area (TPSA) is 47.9 Å². The predicted octanol–water partition coefficient (Wildman–Crippen LogP) is 11.7. The number of hydrogen-bond donors (Lipinski definition) is 0. The maximum absolute atomic E-state index is 6.59. The zero-order valence-corrected chi connectivity index (χ0v) is 28.8. The van der Waals surface area contributed by atoms with Crippen LogP contribution in [0.2, 0.25) is 0 Å². The average molecular weight is 680 g/mol. The fourth-order valence-corrected chi connectivity index (χ4v) is 7.86. The van der Waals surface area contributed by atoms with E-state index >= 15 is 0 Å². The molecule has 0 radical (unpaired) electrons. The smallest absolute Gasteiger partial charge is 0.164 e. The summed E-state index contributed by atoms with van der Waals surface area (Å²) in [4.78, 5) is 16.0. The van der Waals surface area contributed by atoms with Crippen LogP contribution in [0.4, 0.5) is 0 Å². The van der Waals surface area contributed by atoms with Crippen LogP contribution in [0.15, 0.2) is 188 Å². The maximum atomic E-state index is 6.59. The van der Waals surface area contributed by atoms with E-state index in [0.717, 1.165) is 55.5 Å². The summed E-state index contributed by atoms with van der Waals surface area (Å²) in [5, 5.41) is 2.24. The van der Waals surface area contributed by atoms with E-state index in [1.165, 1.54) is 16.7 Å². The second kappa shape index (κ2) is 13.0. The molecule has 4 heteroatoms. The van der Waals surface area contributed by atoms with Crippen molar-refractivity contribution < 1.29 is 4.74 Å². The van der Waals surface area contributed by atoms with Crippen molar-refractivity contribution in [1.29, 1.82) is 0 Å². The molecule has 1 aliphatic carbocycles. The molecule has 10 rings (SSSR count). The summed E-state index contributed by atoms with van der Waals surface area (Å²) < 4.78 is 6.59. The first-order valence-corrected chi connectivity index (χ1v) is 18.0. The molecule has 8 aromatic rings. The molecule has 1 aromatic heterocycles. The van der Waals surface area contributed by atoms with Crippen LogP contribution in [-0.4, -0.2) is 21.1 Å². The van der Waals surface area contributed by atoms with E-state index in [4.69, 9.17) is 19.7 Å². The monoisotopic (exact) mass is 679 g/mol. The SMILES string of the molecule is C1=CC2Oc3ccccc3C2C(c2nc(-c3ccccc3)nc(-c3ccc(-c4ccccc4)c4ccccc34)n2)=C1c1cccc(-c2ccccc2)c1. The fraction of sp³-hybridized carbons (Fsp3) is 0.0408. The van der Waals surface area contributed by atoms with Crippen LogP contribution in [-0.2, 0) is 0 Å². The van der Waals surface area contributed by atoms with Crippen molar-refractivity contribution in [1.82, 2.24) is 15.0 Å². The number of rotatable bonds is 6. The third-order valence-corrected chi connectivity index (χ3v) is 10.3. The largest absolute Gasteiger partial charge is 0.485 e. The normalized spacial score (nSPS) is 15.9. The van der Waals surface area contributed by atoms with Crippen molar-refractivity contribution in [3.05, 3.63) is 205 Å². The predicted molar refractivity (Wildman–Crippen MR) is 215 cm³/mol. The highest BCUT2D eigenvalue weighted by molar-refractivity contribution is 6.05. The first-order valence-electron chi connectivity index (χ1n) is 18.0. The summed E-state index contributed by atoms with van der Waals surface area (Å²) in [6.45, 7) is 0. The zero-order chi connectivity index (χ0) is 35.1. The lowest BCUT2D eigenvalue weighted by atomic mass is 9.79. The number of benzene rings is 7. The van der Waals surface area contributed by atoms with Gasteiger partial charge in [0.15, 0.2) is 17.5 Å². The zero-order valence-electron chi connectivity index (χ0n) is 28.8. The summed E-state index contributed by atoms with van der Waals surface area (Å²) >= 11 is 0. The number of ether oxygens (including phenoxy) is 1. The molecule has 1 aliphatic heterocycles. The van der Waals surface area contributed by atoms with E-state index in [0.29, 0.717) is 17.5 Å². The van der Waals surface area contributed by atoms with Crippen LogP contribution in [0, 0.1) is 0 Å². The highest BCUT2D eigenvalue weighted by Crippen LogP contribution is 2.51. The van der Waals surface area contributed by atoms with Crippen molar-refractivity contribution in [2.24, 2.45) is 0 Å². The standard InChI is InChI=1S/C49H33N3O/c1-4-15-32(16-5-1)35-21-14-22-36(31-35)38-29-30-44-45(42-25-12-13-26-43(42)53-44)46(38)49-51-47(34-19-8-3-9-20-34)50-48(52-49)41-28-27-37(33-17-6-2-7-18-33)39-23-10-11-24-40(39)41/h1-31,44-45H. The Bertz CT molecular complexity index is 2700. The summed E-state index contributed by atoms with van der Waals surface area (Å²) in [5.74, 6) is 2.69. The molecule has 53 heavy (non-hydrogen) atoms. The van der Waals surface area contributed by atoms with Gasteiger partial charge in [0.05, 0.1) is 5.92 Å². The van der Waals surface area contributed by atoms with Gasteiger partial charge in [0.2, 0.25) is 0 Å². The first kappa shape index (κ1) is 30.9. The summed E-state index contributed by atoms with van der Waals surface area (Å²) in [5.41, 5.74) is 10.9. The van der Waals surface area contributed by atoms with Gasteiger partial charge in [-0.25, -0.2) is 15.0 Å². The Hall–Kier alpha value is -6.91. The van der Waals surface area contributed by atoms with Gasteiger partial charge in [-0.1, -0.05) is 164 Å². The van der Waals surface area contributed by atoms with Crippen LogP contribution in [0.3, 0.4) is 0 Å². The summed E-state index contributed by atoms with van der Waals surface area (Å²) in [6.07, 6.45) is 4.20. The number of allylic oxidation sites excluding steroid dienone is 2. The lowest BCUT2D eigenvalue weighted by Crippen LogP contribution is -2.22. The lowest BCUT2D eigenvalue weighted by molar-refractivity contribution is 0.271. The van der Waals surface area contributed by atoms with Gasteiger partial charge < -0.3 is 4.74 Å². The Labute approximate surface area is 308 Å². The highest BCUT2D eigenvalue weighted by atomic mass is 16.5. The molecular formula is C49H33N3O. The van der Waals surface area contributed by atoms with E-state index in [9.17, 15) is 0 Å². The lowest BCUT2D eigenvalue weighted by Gasteiger charge is -2.26. The molecule has 2 atom stereocenters. The molecule has 0 saturated carbocycles. The van der Waals surface area contributed by atoms with Gasteiger partial charge in [-0.2, -0.15) is 0 Å². The number of fused-ring (bicyclic) bond motifs is 4. The van der Waals surface area contributed by atoms with E-state index in [1.807, 2.05) is 24.3 Å². The minimum atomic E-state index is -0.185. The molecule has 0 bridgehead atoms. The summed E-state index contributed by atoms with van der Waals surface area (Å²) in [7, 11) is 0. The Kier molecular flexibility index (Phi) is 7.58. The first-order chi connectivity index (χ1) is 26.3. The van der Waals surface area contributed by atoms with Gasteiger partial charge in [-0.05, 0) is 68.4 Å². The van der Waals surface area contributed by atoms with E-state index < -0.39 is 0 Å². The highest BCUT2D eigenvalue weighted by Gasteiger charge is 2.40. The van der Waals surface area contributed by atoms with Gasteiger partial charge >= 0.3 is 0 Å². The van der Waals surface area contributed by atoms with Crippen molar-refractivity contribution in [2.75, 3.05) is 0 Å². The van der Waals surface area contributed by atoms with Crippen molar-refractivity contribution in [3.8, 4) is 50.8 Å². The molecule has 0 fully saturated rings. The van der Waals surface area contributed by atoms with Crippen molar-refractivity contribution in [3.63, 3.8) is 0 Å². The average Bonchev–Trinajstić information content (AvgIpc) is 3.62. The number of nitrogens with zero attached hydrogens (tertiary/aromatic N) is 3. The van der Waals surface area contributed by atoms with Crippen LogP contribution in [0.5, 0.6) is 5.75 Å². The molecule has 250 valence electrons. The minimum absolute atomic E-state index is 0.109. The molecule has 0 spiro atoms. The minimum Gasteiger partial charge on any atom is -0.485 e. The van der Waals surface area contributed by atoms with Gasteiger partial charge in [-0.15, -0.1) is 0 Å². The molecule has 2 heterocycles. The third-order valence-electron chi connectivity index (χ3n) is 10.3. The molecule has 2 unspecified atom stereocenters. The van der Waals surface area contributed by atoms with Crippen LogP contribution >= 0.6 is 0 Å². The number of aromatic nitrogens is 3. The Morgan fingerprint density at radius 3 is 1.75 bits per heavy atom. The molecule has 4 nitrogen and oxygen atoms in total. The second-order valence-corrected chi connectivity index (χ2v) is 13.5.